The van der Waals surface area contributed by atoms with Crippen LogP contribution in [0.3, 0.4) is 0 Å². The molecule has 0 N–H and O–H groups in total. The van der Waals surface area contributed by atoms with Gasteiger partial charge in [-0.15, -0.1) is 0 Å². The zero-order valence-electron chi connectivity index (χ0n) is 8.09. The summed E-state index contributed by atoms with van der Waals surface area (Å²) in [6.45, 7) is -3.12. The van der Waals surface area contributed by atoms with Crippen LogP contribution in [0, 0.1) is 5.82 Å². The Morgan fingerprint density at radius 2 is 1.60 bits per heavy atom. The standard InChI is InChI=1S/C9H9F3O3/c1-13-5-3-4-6(14-2)8(7(5)10)15-9(11)12/h3-4,9H,1-2H3. The number of ether oxygens (including phenoxy) is 3. The van der Waals surface area contributed by atoms with Crippen LogP contribution in [0.4, 0.5) is 13.2 Å². The summed E-state index contributed by atoms with van der Waals surface area (Å²) in [4.78, 5) is 0. The predicted octanol–water partition coefficient (Wildman–Crippen LogP) is 2.44. The molecule has 1 aromatic rings. The summed E-state index contributed by atoms with van der Waals surface area (Å²) >= 11 is 0. The van der Waals surface area contributed by atoms with Crippen LogP contribution in [0.5, 0.6) is 17.2 Å². The van der Waals surface area contributed by atoms with E-state index in [1.54, 1.807) is 0 Å². The van der Waals surface area contributed by atoms with Crippen molar-refractivity contribution in [2.24, 2.45) is 0 Å². The second-order valence-electron chi connectivity index (χ2n) is 2.49. The molecule has 0 saturated carbocycles. The van der Waals surface area contributed by atoms with Crippen LogP contribution in [0.2, 0.25) is 0 Å². The normalized spacial score (nSPS) is 10.3. The molecule has 1 rings (SSSR count). The van der Waals surface area contributed by atoms with Crippen LogP contribution >= 0.6 is 0 Å². The van der Waals surface area contributed by atoms with Gasteiger partial charge < -0.3 is 14.2 Å². The van der Waals surface area contributed by atoms with Gasteiger partial charge in [-0.05, 0) is 12.1 Å². The Kier molecular flexibility index (Phi) is 3.65. The molecule has 0 fully saturated rings. The largest absolute Gasteiger partial charge is 0.494 e. The van der Waals surface area contributed by atoms with Crippen molar-refractivity contribution in [3.05, 3.63) is 17.9 Å². The van der Waals surface area contributed by atoms with Gasteiger partial charge in [0.05, 0.1) is 14.2 Å². The zero-order chi connectivity index (χ0) is 11.4. The molecule has 0 amide bonds. The van der Waals surface area contributed by atoms with Crippen molar-refractivity contribution < 1.29 is 27.4 Å². The minimum atomic E-state index is -3.12. The molecule has 0 aliphatic carbocycles. The Labute approximate surface area is 84.4 Å². The van der Waals surface area contributed by atoms with Gasteiger partial charge in [-0.2, -0.15) is 13.2 Å². The highest BCUT2D eigenvalue weighted by atomic mass is 19.3. The van der Waals surface area contributed by atoms with E-state index < -0.39 is 18.2 Å². The van der Waals surface area contributed by atoms with Crippen molar-refractivity contribution in [1.29, 1.82) is 0 Å². The van der Waals surface area contributed by atoms with Gasteiger partial charge in [-0.25, -0.2) is 0 Å². The van der Waals surface area contributed by atoms with Gasteiger partial charge >= 0.3 is 6.61 Å². The highest BCUT2D eigenvalue weighted by molar-refractivity contribution is 5.47. The average Bonchev–Trinajstić information content (AvgIpc) is 2.20. The number of benzene rings is 1. The lowest BCUT2D eigenvalue weighted by molar-refractivity contribution is -0.0538. The summed E-state index contributed by atoms with van der Waals surface area (Å²) in [5, 5.41) is 0. The molecule has 3 nitrogen and oxygen atoms in total. The maximum atomic E-state index is 13.4. The molecule has 0 aliphatic heterocycles. The Morgan fingerprint density at radius 3 is 2.07 bits per heavy atom. The SMILES string of the molecule is COc1ccc(OC)c(OC(F)F)c1F. The van der Waals surface area contributed by atoms with Crippen LogP contribution < -0.4 is 14.2 Å². The molecule has 0 aromatic heterocycles. The first-order valence-electron chi connectivity index (χ1n) is 3.95. The van der Waals surface area contributed by atoms with Gasteiger partial charge in [-0.3, -0.25) is 0 Å². The third-order valence-corrected chi connectivity index (χ3v) is 1.67. The van der Waals surface area contributed by atoms with Crippen molar-refractivity contribution in [3.8, 4) is 17.2 Å². The Bertz CT molecular complexity index is 342. The van der Waals surface area contributed by atoms with Crippen LogP contribution in [-0.2, 0) is 0 Å². The lowest BCUT2D eigenvalue weighted by Gasteiger charge is -2.12. The lowest BCUT2D eigenvalue weighted by atomic mass is 10.3. The topological polar surface area (TPSA) is 27.7 Å². The Hall–Kier alpha value is -1.59. The van der Waals surface area contributed by atoms with Gasteiger partial charge in [-0.1, -0.05) is 0 Å². The maximum Gasteiger partial charge on any atom is 0.387 e. The molecule has 0 spiro atoms. The van der Waals surface area contributed by atoms with Crippen LogP contribution in [0.15, 0.2) is 12.1 Å². The van der Waals surface area contributed by atoms with Gasteiger partial charge in [0, 0.05) is 0 Å². The molecule has 0 atom stereocenters. The number of methoxy groups -OCH3 is 2. The van der Waals surface area contributed by atoms with E-state index in [1.165, 1.54) is 26.4 Å². The predicted molar refractivity (Wildman–Crippen MR) is 46.1 cm³/mol. The van der Waals surface area contributed by atoms with Crippen molar-refractivity contribution >= 4 is 0 Å². The minimum absolute atomic E-state index is 0.117. The highest BCUT2D eigenvalue weighted by Gasteiger charge is 2.19. The van der Waals surface area contributed by atoms with E-state index >= 15 is 0 Å². The molecule has 0 heterocycles. The van der Waals surface area contributed by atoms with Crippen LogP contribution in [-0.4, -0.2) is 20.8 Å². The lowest BCUT2D eigenvalue weighted by Crippen LogP contribution is -2.06. The van der Waals surface area contributed by atoms with Crippen LogP contribution in [0.1, 0.15) is 0 Å². The zero-order valence-corrected chi connectivity index (χ0v) is 8.09. The van der Waals surface area contributed by atoms with E-state index in [1.807, 2.05) is 0 Å². The van der Waals surface area contributed by atoms with E-state index in [2.05, 4.69) is 14.2 Å². The number of alkyl halides is 2. The van der Waals surface area contributed by atoms with E-state index in [-0.39, 0.29) is 11.5 Å². The molecule has 1 aromatic carbocycles. The first-order chi connectivity index (χ1) is 7.10. The third-order valence-electron chi connectivity index (χ3n) is 1.67. The van der Waals surface area contributed by atoms with E-state index in [9.17, 15) is 13.2 Å². The van der Waals surface area contributed by atoms with Gasteiger partial charge in [0.15, 0.2) is 11.5 Å². The molecule has 0 radical (unpaired) electrons. The highest BCUT2D eigenvalue weighted by Crippen LogP contribution is 2.36. The fraction of sp³-hybridized carbons (Fsp3) is 0.333. The number of halogens is 3. The fourth-order valence-corrected chi connectivity index (χ4v) is 1.04. The smallest absolute Gasteiger partial charge is 0.387 e. The first kappa shape index (κ1) is 11.5. The molecule has 84 valence electrons. The van der Waals surface area contributed by atoms with Crippen molar-refractivity contribution in [1.82, 2.24) is 0 Å². The Balaban J connectivity index is 3.16. The summed E-state index contributed by atoms with van der Waals surface area (Å²) in [7, 11) is 2.44. The summed E-state index contributed by atoms with van der Waals surface area (Å²) in [5.41, 5.74) is 0. The monoisotopic (exact) mass is 222 g/mol. The quantitative estimate of drug-likeness (QED) is 0.783. The second kappa shape index (κ2) is 4.77. The summed E-state index contributed by atoms with van der Waals surface area (Å²) in [6, 6.07) is 2.53. The van der Waals surface area contributed by atoms with Crippen molar-refractivity contribution in [2.75, 3.05) is 14.2 Å². The molecule has 0 unspecified atom stereocenters. The van der Waals surface area contributed by atoms with Gasteiger partial charge in [0.2, 0.25) is 11.6 Å². The number of rotatable bonds is 4. The molecule has 0 bridgehead atoms. The minimum Gasteiger partial charge on any atom is -0.494 e. The first-order valence-corrected chi connectivity index (χ1v) is 3.95. The molecule has 0 aliphatic rings. The van der Waals surface area contributed by atoms with Gasteiger partial charge in [0.1, 0.15) is 0 Å². The summed E-state index contributed by atoms with van der Waals surface area (Å²) < 4.78 is 50.6. The molecular formula is C9H9F3O3. The fourth-order valence-electron chi connectivity index (χ4n) is 1.04. The maximum absolute atomic E-state index is 13.4. The number of hydrogen-bond donors (Lipinski definition) is 0. The van der Waals surface area contributed by atoms with E-state index in [4.69, 9.17) is 0 Å². The summed E-state index contributed by atoms with van der Waals surface area (Å²) in [5.74, 6) is -1.98. The summed E-state index contributed by atoms with van der Waals surface area (Å²) in [6.07, 6.45) is 0. The average molecular weight is 222 g/mol. The molecular weight excluding hydrogens is 213 g/mol. The Morgan fingerprint density at radius 1 is 1.07 bits per heavy atom. The van der Waals surface area contributed by atoms with Crippen molar-refractivity contribution in [2.45, 2.75) is 6.61 Å². The molecule has 0 saturated heterocycles. The van der Waals surface area contributed by atoms with Gasteiger partial charge in [0.25, 0.3) is 0 Å². The van der Waals surface area contributed by atoms with Crippen molar-refractivity contribution in [3.63, 3.8) is 0 Å². The number of hydrogen-bond acceptors (Lipinski definition) is 3. The van der Waals surface area contributed by atoms with E-state index in [0.717, 1.165) is 0 Å². The second-order valence-corrected chi connectivity index (χ2v) is 2.49. The molecule has 6 heteroatoms. The molecule has 15 heavy (non-hydrogen) atoms. The van der Waals surface area contributed by atoms with Crippen LogP contribution in [0.25, 0.3) is 0 Å². The van der Waals surface area contributed by atoms with E-state index in [0.29, 0.717) is 0 Å². The third kappa shape index (κ3) is 2.45.